The highest BCUT2D eigenvalue weighted by atomic mass is 16.2. The Kier molecular flexibility index (Phi) is 3.88. The van der Waals surface area contributed by atoms with E-state index in [-0.39, 0.29) is 5.57 Å². The highest BCUT2D eigenvalue weighted by molar-refractivity contribution is 6.39. The maximum Gasteiger partial charge on any atom is 0.338 e. The van der Waals surface area contributed by atoms with Gasteiger partial charge in [-0.05, 0) is 24.3 Å². The van der Waals surface area contributed by atoms with Crippen molar-refractivity contribution < 1.29 is 14.4 Å². The van der Waals surface area contributed by atoms with Crippen LogP contribution in [0.1, 0.15) is 5.56 Å². The number of amides is 4. The summed E-state index contributed by atoms with van der Waals surface area (Å²) in [5, 5.41) is 0.930. The van der Waals surface area contributed by atoms with Gasteiger partial charge >= 0.3 is 6.03 Å². The third-order valence-corrected chi connectivity index (χ3v) is 4.69. The van der Waals surface area contributed by atoms with Gasteiger partial charge in [-0.15, -0.1) is 0 Å². The molecule has 1 fully saturated rings. The van der Waals surface area contributed by atoms with Crippen molar-refractivity contribution in [1.82, 2.24) is 9.47 Å². The molecule has 1 aliphatic heterocycles. The molecule has 4 rings (SSSR count). The second-order valence-corrected chi connectivity index (χ2v) is 6.39. The van der Waals surface area contributed by atoms with Gasteiger partial charge in [-0.1, -0.05) is 36.4 Å². The van der Waals surface area contributed by atoms with E-state index >= 15 is 0 Å². The van der Waals surface area contributed by atoms with Gasteiger partial charge in [-0.25, -0.2) is 9.69 Å². The third kappa shape index (κ3) is 2.62. The Hall–Kier alpha value is -3.67. The summed E-state index contributed by atoms with van der Waals surface area (Å²) in [5.74, 6) is -1.23. The van der Waals surface area contributed by atoms with Gasteiger partial charge in [0.1, 0.15) is 5.57 Å². The number of fused-ring (bicyclic) bond motifs is 1. The molecule has 2 aromatic carbocycles. The number of anilines is 1. The molecule has 0 radical (unpaired) electrons. The third-order valence-electron chi connectivity index (χ3n) is 4.69. The molecule has 6 heteroatoms. The Morgan fingerprint density at radius 3 is 2.22 bits per heavy atom. The predicted molar refractivity (Wildman–Crippen MR) is 103 cm³/mol. The highest BCUT2D eigenvalue weighted by Crippen LogP contribution is 2.27. The molecule has 2 heterocycles. The van der Waals surface area contributed by atoms with Crippen molar-refractivity contribution in [2.75, 3.05) is 11.9 Å². The van der Waals surface area contributed by atoms with Crippen LogP contribution in [0.2, 0.25) is 0 Å². The zero-order valence-electron chi connectivity index (χ0n) is 14.9. The fraction of sp³-hybridized carbons (Fsp3) is 0.0952. The summed E-state index contributed by atoms with van der Waals surface area (Å²) in [6.45, 7) is 0. The molecule has 0 unspecified atom stereocenters. The van der Waals surface area contributed by atoms with Crippen LogP contribution >= 0.6 is 0 Å². The molecule has 4 amide bonds. The van der Waals surface area contributed by atoms with E-state index in [1.54, 1.807) is 36.4 Å². The Morgan fingerprint density at radius 2 is 1.48 bits per heavy atom. The summed E-state index contributed by atoms with van der Waals surface area (Å²) in [6, 6.07) is 15.7. The van der Waals surface area contributed by atoms with Crippen molar-refractivity contribution in [2.45, 2.75) is 0 Å². The molecule has 0 bridgehead atoms. The van der Waals surface area contributed by atoms with Crippen LogP contribution in [0.15, 0.2) is 66.4 Å². The van der Waals surface area contributed by atoms with Crippen molar-refractivity contribution in [3.05, 3.63) is 71.9 Å². The molecule has 0 atom stereocenters. The lowest BCUT2D eigenvalue weighted by atomic mass is 10.1. The van der Waals surface area contributed by atoms with Crippen LogP contribution in [0.5, 0.6) is 0 Å². The molecule has 6 nitrogen and oxygen atoms in total. The van der Waals surface area contributed by atoms with E-state index in [2.05, 4.69) is 0 Å². The van der Waals surface area contributed by atoms with E-state index < -0.39 is 17.8 Å². The number of barbiturate groups is 1. The molecule has 0 aliphatic carbocycles. The first-order valence-electron chi connectivity index (χ1n) is 8.46. The molecule has 0 saturated carbocycles. The number of aromatic nitrogens is 1. The van der Waals surface area contributed by atoms with Crippen LogP contribution < -0.4 is 4.90 Å². The maximum atomic E-state index is 13.0. The topological polar surface area (TPSA) is 62.6 Å². The van der Waals surface area contributed by atoms with Gasteiger partial charge in [0.15, 0.2) is 0 Å². The highest BCUT2D eigenvalue weighted by Gasteiger charge is 2.41. The summed E-state index contributed by atoms with van der Waals surface area (Å²) in [4.78, 5) is 40.2. The van der Waals surface area contributed by atoms with E-state index in [0.29, 0.717) is 5.69 Å². The number of aryl methyl sites for hydroxylation is 1. The minimum Gasteiger partial charge on any atom is -0.350 e. The minimum atomic E-state index is -0.661. The normalized spacial score (nSPS) is 16.7. The number of benzene rings is 2. The number of carbonyl (C=O) groups excluding carboxylic acids is 3. The molecule has 27 heavy (non-hydrogen) atoms. The number of hydrogen-bond donors (Lipinski definition) is 0. The van der Waals surface area contributed by atoms with Crippen LogP contribution in [-0.4, -0.2) is 34.4 Å². The first kappa shape index (κ1) is 16.8. The quantitative estimate of drug-likeness (QED) is 0.521. The minimum absolute atomic E-state index is 0.0442. The number of likely N-dealkylation sites (N-methyl/N-ethyl adjacent to an activating group) is 1. The smallest absolute Gasteiger partial charge is 0.338 e. The second-order valence-electron chi connectivity index (χ2n) is 6.39. The van der Waals surface area contributed by atoms with Crippen molar-refractivity contribution in [3.63, 3.8) is 0 Å². The molecule has 134 valence electrons. The zero-order chi connectivity index (χ0) is 19.1. The van der Waals surface area contributed by atoms with Gasteiger partial charge in [0.2, 0.25) is 0 Å². The number of rotatable bonds is 2. The van der Waals surface area contributed by atoms with Crippen LogP contribution in [-0.2, 0) is 16.6 Å². The van der Waals surface area contributed by atoms with E-state index in [0.717, 1.165) is 26.3 Å². The first-order valence-corrected chi connectivity index (χ1v) is 8.46. The number of carbonyl (C=O) groups is 3. The number of imide groups is 2. The molecule has 0 spiro atoms. The van der Waals surface area contributed by atoms with Crippen molar-refractivity contribution in [3.8, 4) is 0 Å². The van der Waals surface area contributed by atoms with Gasteiger partial charge in [-0.3, -0.25) is 14.5 Å². The van der Waals surface area contributed by atoms with Crippen LogP contribution in [0, 0.1) is 0 Å². The van der Waals surface area contributed by atoms with E-state index in [1.807, 2.05) is 42.1 Å². The number of hydrogen-bond acceptors (Lipinski definition) is 3. The van der Waals surface area contributed by atoms with Crippen LogP contribution in [0.4, 0.5) is 10.5 Å². The van der Waals surface area contributed by atoms with E-state index in [1.165, 1.54) is 7.05 Å². The Labute approximate surface area is 155 Å². The molecule has 1 aliphatic rings. The first-order chi connectivity index (χ1) is 13.0. The molecule has 1 aromatic heterocycles. The fourth-order valence-electron chi connectivity index (χ4n) is 3.29. The van der Waals surface area contributed by atoms with Gasteiger partial charge in [0, 0.05) is 36.8 Å². The Bertz CT molecular complexity index is 1110. The summed E-state index contributed by atoms with van der Waals surface area (Å²) in [6.07, 6.45) is 3.42. The van der Waals surface area contributed by atoms with E-state index in [9.17, 15) is 14.4 Å². The monoisotopic (exact) mass is 359 g/mol. The summed E-state index contributed by atoms with van der Waals surface area (Å²) in [7, 11) is 3.28. The van der Waals surface area contributed by atoms with Crippen molar-refractivity contribution >= 4 is 40.5 Å². The molecular weight excluding hydrogens is 342 g/mol. The van der Waals surface area contributed by atoms with Gasteiger partial charge in [0.05, 0.1) is 5.69 Å². The number of para-hydroxylation sites is 2. The Balaban J connectivity index is 1.85. The van der Waals surface area contributed by atoms with Gasteiger partial charge in [0.25, 0.3) is 11.8 Å². The van der Waals surface area contributed by atoms with Crippen molar-refractivity contribution in [1.29, 1.82) is 0 Å². The van der Waals surface area contributed by atoms with Crippen LogP contribution in [0.3, 0.4) is 0 Å². The molecule has 0 N–H and O–H groups in total. The zero-order valence-corrected chi connectivity index (χ0v) is 14.9. The van der Waals surface area contributed by atoms with Gasteiger partial charge in [-0.2, -0.15) is 0 Å². The summed E-state index contributed by atoms with van der Waals surface area (Å²) < 4.78 is 1.93. The number of nitrogens with zero attached hydrogens (tertiary/aromatic N) is 3. The average Bonchev–Trinajstić information content (AvgIpc) is 3.00. The second kappa shape index (κ2) is 6.25. The molecular formula is C21H17N3O3. The van der Waals surface area contributed by atoms with Crippen LogP contribution in [0.25, 0.3) is 17.0 Å². The average molecular weight is 359 g/mol. The molecule has 1 saturated heterocycles. The summed E-state index contributed by atoms with van der Waals surface area (Å²) in [5.41, 5.74) is 2.12. The lowest BCUT2D eigenvalue weighted by molar-refractivity contribution is -0.128. The SMILES string of the molecule is CN1C(=O)/C(=C\c2cn(C)c3ccccc23)C(=O)N(c2ccccc2)C1=O. The maximum absolute atomic E-state index is 13.0. The molecule has 3 aromatic rings. The van der Waals surface area contributed by atoms with E-state index in [4.69, 9.17) is 0 Å². The fourth-order valence-corrected chi connectivity index (χ4v) is 3.29. The Morgan fingerprint density at radius 1 is 0.815 bits per heavy atom. The largest absolute Gasteiger partial charge is 0.350 e. The summed E-state index contributed by atoms with van der Waals surface area (Å²) >= 11 is 0. The lowest BCUT2D eigenvalue weighted by Crippen LogP contribution is -2.55. The van der Waals surface area contributed by atoms with Gasteiger partial charge < -0.3 is 4.57 Å². The number of urea groups is 1. The standard InChI is InChI=1S/C21H17N3O3/c1-22-13-14(16-10-6-7-11-18(16)22)12-17-19(25)23(2)21(27)24(20(17)26)15-8-4-3-5-9-15/h3-13H,1-2H3/b17-12+. The predicted octanol–water partition coefficient (Wildman–Crippen LogP) is 3.19. The lowest BCUT2D eigenvalue weighted by Gasteiger charge is -2.31. The van der Waals surface area contributed by atoms with Crippen molar-refractivity contribution in [2.24, 2.45) is 7.05 Å².